The highest BCUT2D eigenvalue weighted by Crippen LogP contribution is 2.42. The molecule has 1 saturated heterocycles. The van der Waals surface area contributed by atoms with Crippen LogP contribution >= 0.6 is 15.9 Å². The molecule has 1 aromatic rings. The molecule has 3 rings (SSSR count). The van der Waals surface area contributed by atoms with Gasteiger partial charge < -0.3 is 14.8 Å². The number of amides is 2. The number of alkyl halides is 1. The van der Waals surface area contributed by atoms with Gasteiger partial charge in [-0.25, -0.2) is 13.2 Å². The third-order valence-corrected chi connectivity index (χ3v) is 8.77. The van der Waals surface area contributed by atoms with E-state index >= 15 is 0 Å². The van der Waals surface area contributed by atoms with Crippen molar-refractivity contribution in [3.05, 3.63) is 41.6 Å². The lowest BCUT2D eigenvalue weighted by molar-refractivity contribution is -0.152. The van der Waals surface area contributed by atoms with Crippen LogP contribution in [0.2, 0.25) is 0 Å². The van der Waals surface area contributed by atoms with Gasteiger partial charge >= 0.3 is 5.97 Å². The van der Waals surface area contributed by atoms with Gasteiger partial charge in [-0.15, -0.1) is 0 Å². The molecule has 150 valence electrons. The first-order chi connectivity index (χ1) is 13.2. The van der Waals surface area contributed by atoms with Gasteiger partial charge in [0.1, 0.15) is 21.6 Å². The van der Waals surface area contributed by atoms with Crippen molar-refractivity contribution in [2.24, 2.45) is 0 Å². The first kappa shape index (κ1) is 20.3. The van der Waals surface area contributed by atoms with Gasteiger partial charge in [0.05, 0.1) is 7.11 Å². The molecule has 9 nitrogen and oxygen atoms in total. The Morgan fingerprint density at radius 2 is 1.89 bits per heavy atom. The highest BCUT2D eigenvalue weighted by atomic mass is 79.9. The zero-order valence-electron chi connectivity index (χ0n) is 14.9. The molecule has 11 heteroatoms. The number of nitrogens with one attached hydrogen (secondary N) is 1. The summed E-state index contributed by atoms with van der Waals surface area (Å²) in [7, 11) is -2.79. The van der Waals surface area contributed by atoms with Crippen LogP contribution in [0.25, 0.3) is 0 Å². The zero-order valence-corrected chi connectivity index (χ0v) is 17.3. The maximum Gasteiger partial charge on any atom is 0.354 e. The lowest BCUT2D eigenvalue weighted by atomic mass is 10.0. The van der Waals surface area contributed by atoms with Crippen molar-refractivity contribution in [2.75, 3.05) is 13.7 Å². The molecule has 0 unspecified atom stereocenters. The van der Waals surface area contributed by atoms with Gasteiger partial charge in [-0.05, 0) is 24.6 Å². The highest BCUT2D eigenvalue weighted by Gasteiger charge is 2.62. The van der Waals surface area contributed by atoms with Gasteiger partial charge in [0.15, 0.2) is 21.8 Å². The van der Waals surface area contributed by atoms with Gasteiger partial charge in [-0.1, -0.05) is 34.1 Å². The molecule has 0 aromatic heterocycles. The van der Waals surface area contributed by atoms with E-state index in [1.54, 1.807) is 30.3 Å². The Morgan fingerprint density at radius 3 is 2.50 bits per heavy atom. The van der Waals surface area contributed by atoms with Crippen LogP contribution in [0.15, 0.2) is 41.6 Å². The Morgan fingerprint density at radius 1 is 1.25 bits per heavy atom. The summed E-state index contributed by atoms with van der Waals surface area (Å²) in [6.45, 7) is 1.03. The molecule has 0 saturated carbocycles. The molecule has 0 aliphatic carbocycles. The van der Waals surface area contributed by atoms with E-state index in [2.05, 4.69) is 26.0 Å². The number of hydrogen-bond acceptors (Lipinski definition) is 7. The van der Waals surface area contributed by atoms with Gasteiger partial charge in [-0.3, -0.25) is 14.5 Å². The summed E-state index contributed by atoms with van der Waals surface area (Å²) in [5.41, 5.74) is 0.00821. The largest absolute Gasteiger partial charge is 0.484 e. The van der Waals surface area contributed by atoms with Crippen molar-refractivity contribution in [2.45, 2.75) is 22.5 Å². The predicted octanol–water partition coefficient (Wildman–Crippen LogP) is 0.315. The second kappa shape index (κ2) is 7.55. The Hall–Kier alpha value is -2.40. The lowest BCUT2D eigenvalue weighted by Gasteiger charge is -2.50. The minimum absolute atomic E-state index is 0.139. The minimum Gasteiger partial charge on any atom is -0.484 e. The number of sulfone groups is 1. The Labute approximate surface area is 169 Å². The molecule has 2 heterocycles. The molecular weight excluding hydrogens is 456 g/mol. The molecule has 1 fully saturated rings. The summed E-state index contributed by atoms with van der Waals surface area (Å²) >= 11 is 3.06. The minimum atomic E-state index is -3.92. The standard InChI is InChI=1S/C17H17BrN2O7S/c1-9-13(17(23)26-2)20-15(22)12(16(20)28(24,25)14(9)18)19-11(21)8-27-10-6-4-3-5-7-10/h3-7,12,14,16H,8H2,1-2H3,(H,19,21)/t12-,14+,16-/m1/s1. The second-order valence-corrected chi connectivity index (χ2v) is 9.83. The Bertz CT molecular complexity index is 961. The summed E-state index contributed by atoms with van der Waals surface area (Å²) in [5, 5.41) is 0.974. The van der Waals surface area contributed by atoms with E-state index in [1.807, 2.05) is 0 Å². The number of carbonyl (C=O) groups excluding carboxylic acids is 3. The van der Waals surface area contributed by atoms with Crippen LogP contribution in [0.4, 0.5) is 0 Å². The van der Waals surface area contributed by atoms with Crippen LogP contribution in [0.1, 0.15) is 6.92 Å². The van der Waals surface area contributed by atoms with Crippen molar-refractivity contribution < 1.29 is 32.3 Å². The van der Waals surface area contributed by atoms with E-state index in [0.717, 1.165) is 12.0 Å². The normalized spacial score (nSPS) is 25.5. The fourth-order valence-corrected chi connectivity index (χ4v) is 5.87. The topological polar surface area (TPSA) is 119 Å². The van der Waals surface area contributed by atoms with Crippen LogP contribution < -0.4 is 10.1 Å². The molecule has 1 aromatic carbocycles. The summed E-state index contributed by atoms with van der Waals surface area (Å²) in [6.07, 6.45) is 0. The fourth-order valence-electron chi connectivity index (χ4n) is 3.07. The predicted molar refractivity (Wildman–Crippen MR) is 101 cm³/mol. The van der Waals surface area contributed by atoms with E-state index in [0.29, 0.717) is 5.75 Å². The number of nitrogens with zero attached hydrogens (tertiary/aromatic N) is 1. The molecule has 1 N–H and O–H groups in total. The van der Waals surface area contributed by atoms with E-state index in [-0.39, 0.29) is 11.3 Å². The monoisotopic (exact) mass is 472 g/mol. The van der Waals surface area contributed by atoms with Crippen molar-refractivity contribution in [1.29, 1.82) is 0 Å². The van der Waals surface area contributed by atoms with Crippen molar-refractivity contribution >= 4 is 43.6 Å². The molecule has 28 heavy (non-hydrogen) atoms. The van der Waals surface area contributed by atoms with E-state index < -0.39 is 49.8 Å². The maximum absolute atomic E-state index is 12.7. The van der Waals surface area contributed by atoms with Crippen LogP contribution in [0.3, 0.4) is 0 Å². The van der Waals surface area contributed by atoms with Crippen molar-refractivity contribution in [3.8, 4) is 5.75 Å². The van der Waals surface area contributed by atoms with Gasteiger partial charge in [-0.2, -0.15) is 0 Å². The Kier molecular flexibility index (Phi) is 5.48. The molecule has 0 spiro atoms. The lowest BCUT2D eigenvalue weighted by Crippen LogP contribution is -2.75. The molecule has 2 aliphatic rings. The number of hydrogen-bond donors (Lipinski definition) is 1. The number of carbonyl (C=O) groups is 3. The molecule has 2 amide bonds. The summed E-state index contributed by atoms with van der Waals surface area (Å²) in [5.74, 6) is -1.74. The smallest absolute Gasteiger partial charge is 0.354 e. The third kappa shape index (κ3) is 3.28. The van der Waals surface area contributed by atoms with Crippen LogP contribution in [-0.4, -0.2) is 60.4 Å². The quantitative estimate of drug-likeness (QED) is 0.372. The third-order valence-electron chi connectivity index (χ3n) is 4.43. The summed E-state index contributed by atoms with van der Waals surface area (Å²) < 4.78 is 34.3. The molecule has 0 radical (unpaired) electrons. The van der Waals surface area contributed by atoms with Crippen LogP contribution in [0, 0.1) is 0 Å². The van der Waals surface area contributed by atoms with Gasteiger partial charge in [0.25, 0.3) is 11.8 Å². The van der Waals surface area contributed by atoms with Gasteiger partial charge in [0.2, 0.25) is 0 Å². The zero-order chi connectivity index (χ0) is 20.6. The summed E-state index contributed by atoms with van der Waals surface area (Å²) in [6, 6.07) is 7.24. The van der Waals surface area contributed by atoms with Gasteiger partial charge in [0, 0.05) is 0 Å². The Balaban J connectivity index is 1.78. The molecule has 3 atom stereocenters. The molecule has 0 bridgehead atoms. The van der Waals surface area contributed by atoms with Crippen molar-refractivity contribution in [1.82, 2.24) is 10.2 Å². The van der Waals surface area contributed by atoms with E-state index in [1.165, 1.54) is 6.92 Å². The molecule has 2 aliphatic heterocycles. The number of fused-ring (bicyclic) bond motifs is 1. The first-order valence-corrected chi connectivity index (χ1v) is 10.7. The maximum atomic E-state index is 12.7. The van der Waals surface area contributed by atoms with Crippen molar-refractivity contribution in [3.63, 3.8) is 0 Å². The van der Waals surface area contributed by atoms with E-state index in [9.17, 15) is 22.8 Å². The van der Waals surface area contributed by atoms with Crippen LogP contribution in [0.5, 0.6) is 5.75 Å². The summed E-state index contributed by atoms with van der Waals surface area (Å²) in [4.78, 5) is 37.6. The number of halogens is 1. The number of rotatable bonds is 5. The molecular formula is C17H17BrN2O7S. The van der Waals surface area contributed by atoms with Crippen LogP contribution in [-0.2, 0) is 29.0 Å². The number of β-lactam (4-membered cyclic amide) rings is 1. The number of ether oxygens (including phenoxy) is 2. The SMILES string of the molecule is COC(=O)C1=C(C)[C@@H](Br)S(=O)(=O)[C@@H]2[C@H](NC(=O)COc3ccccc3)C(=O)N12. The fraction of sp³-hybridized carbons (Fsp3) is 0.353. The number of esters is 1. The first-order valence-electron chi connectivity index (χ1n) is 8.16. The number of para-hydroxylation sites is 1. The average molecular weight is 473 g/mol. The van der Waals surface area contributed by atoms with E-state index in [4.69, 9.17) is 4.74 Å². The highest BCUT2D eigenvalue weighted by molar-refractivity contribution is 9.11. The second-order valence-electron chi connectivity index (χ2n) is 6.17. The number of benzene rings is 1. The average Bonchev–Trinajstić information content (AvgIpc) is 2.69. The number of methoxy groups -OCH3 is 1.